The van der Waals surface area contributed by atoms with Crippen LogP contribution in [-0.4, -0.2) is 34.9 Å². The smallest absolute Gasteiger partial charge is 0.261 e. The van der Waals surface area contributed by atoms with Crippen LogP contribution in [-0.2, 0) is 6.42 Å². The second kappa shape index (κ2) is 9.73. The number of phenols is 1. The molecular formula is C25H28N4O3. The third-order valence-electron chi connectivity index (χ3n) is 6.18. The summed E-state index contributed by atoms with van der Waals surface area (Å²) in [6.45, 7) is 0.476. The summed E-state index contributed by atoms with van der Waals surface area (Å²) < 4.78 is 5.61. The Morgan fingerprint density at radius 1 is 1.28 bits per heavy atom. The molecule has 1 heterocycles. The zero-order chi connectivity index (χ0) is 22.5. The zero-order valence-electron chi connectivity index (χ0n) is 18.3. The lowest BCUT2D eigenvalue weighted by Crippen LogP contribution is -2.26. The van der Waals surface area contributed by atoms with Gasteiger partial charge in [-0.3, -0.25) is 9.89 Å². The Morgan fingerprint density at radius 3 is 2.75 bits per heavy atom. The summed E-state index contributed by atoms with van der Waals surface area (Å²) in [6, 6.07) is 12.6. The van der Waals surface area contributed by atoms with Gasteiger partial charge in [0.15, 0.2) is 0 Å². The monoisotopic (exact) mass is 432 g/mol. The van der Waals surface area contributed by atoms with Crippen molar-refractivity contribution in [1.82, 2.24) is 10.2 Å². The minimum absolute atomic E-state index is 0.0668. The lowest BCUT2D eigenvalue weighted by atomic mass is 9.99. The van der Waals surface area contributed by atoms with Crippen LogP contribution in [0.5, 0.6) is 11.5 Å². The molecule has 0 radical (unpaired) electrons. The number of hydrogen-bond donors (Lipinski definition) is 2. The van der Waals surface area contributed by atoms with Crippen molar-refractivity contribution in [3.63, 3.8) is 0 Å². The molecule has 1 aliphatic carbocycles. The number of phenolic OH excluding ortho intramolecular Hbond substituents is 1. The van der Waals surface area contributed by atoms with Gasteiger partial charge < -0.3 is 14.7 Å². The van der Waals surface area contributed by atoms with E-state index in [9.17, 15) is 9.90 Å². The molecule has 1 aliphatic rings. The lowest BCUT2D eigenvalue weighted by Gasteiger charge is -2.19. The van der Waals surface area contributed by atoms with Crippen LogP contribution < -0.4 is 9.64 Å². The Hall–Kier alpha value is -3.53. The van der Waals surface area contributed by atoms with E-state index in [4.69, 9.17) is 10.00 Å². The fourth-order valence-electron chi connectivity index (χ4n) is 4.33. The number of rotatable bonds is 8. The van der Waals surface area contributed by atoms with Crippen LogP contribution in [0.4, 0.5) is 5.69 Å². The largest absolute Gasteiger partial charge is 0.507 e. The highest BCUT2D eigenvalue weighted by molar-refractivity contribution is 6.09. The van der Waals surface area contributed by atoms with Crippen LogP contribution >= 0.6 is 0 Å². The third-order valence-corrected chi connectivity index (χ3v) is 6.18. The molecule has 166 valence electrons. The predicted molar refractivity (Wildman–Crippen MR) is 123 cm³/mol. The van der Waals surface area contributed by atoms with Crippen molar-refractivity contribution < 1.29 is 14.6 Å². The van der Waals surface area contributed by atoms with Gasteiger partial charge in [-0.2, -0.15) is 10.4 Å². The summed E-state index contributed by atoms with van der Waals surface area (Å²) in [5.74, 6) is 0.965. The van der Waals surface area contributed by atoms with Gasteiger partial charge in [0.1, 0.15) is 11.5 Å². The minimum Gasteiger partial charge on any atom is -0.507 e. The first-order chi connectivity index (χ1) is 15.6. The van der Waals surface area contributed by atoms with Crippen molar-refractivity contribution in [2.24, 2.45) is 5.92 Å². The number of nitrogens with one attached hydrogen (secondary N) is 1. The molecule has 0 aliphatic heterocycles. The molecule has 7 heteroatoms. The molecule has 4 rings (SSSR count). The number of H-pyrrole nitrogens is 1. The number of unbranched alkanes of at least 4 members (excludes halogenated alkanes) is 1. The van der Waals surface area contributed by atoms with E-state index in [1.54, 1.807) is 43.4 Å². The summed E-state index contributed by atoms with van der Waals surface area (Å²) in [5.41, 5.74) is 2.65. The van der Waals surface area contributed by atoms with Crippen molar-refractivity contribution in [2.75, 3.05) is 18.6 Å². The summed E-state index contributed by atoms with van der Waals surface area (Å²) in [5, 5.41) is 27.4. The van der Waals surface area contributed by atoms with Crippen LogP contribution in [0.3, 0.4) is 0 Å². The number of aromatic nitrogens is 2. The van der Waals surface area contributed by atoms with Gasteiger partial charge in [-0.25, -0.2) is 0 Å². The molecule has 1 aromatic heterocycles. The number of aromatic hydroxyl groups is 1. The highest BCUT2D eigenvalue weighted by Gasteiger charge is 2.22. The topological polar surface area (TPSA) is 102 Å². The van der Waals surface area contributed by atoms with Crippen molar-refractivity contribution in [2.45, 2.75) is 44.9 Å². The van der Waals surface area contributed by atoms with E-state index < -0.39 is 0 Å². The molecule has 0 bridgehead atoms. The maximum atomic E-state index is 13.2. The number of fused-ring (bicyclic) bond motifs is 1. The van der Waals surface area contributed by atoms with Gasteiger partial charge in [0.05, 0.1) is 29.5 Å². The number of hydrogen-bond acceptors (Lipinski definition) is 5. The molecule has 2 aromatic carbocycles. The Labute approximate surface area is 187 Å². The number of nitriles is 1. The van der Waals surface area contributed by atoms with E-state index >= 15 is 0 Å². The number of ether oxygens (including phenoxy) is 1. The first kappa shape index (κ1) is 21.7. The van der Waals surface area contributed by atoms with Crippen molar-refractivity contribution >= 4 is 22.5 Å². The SMILES string of the molecule is CN(C(=O)c1cc2c(CC3CCCC3)n[nH]c2cc1O)c1ccc(OCCCC#N)cc1. The first-order valence-electron chi connectivity index (χ1n) is 11.1. The molecule has 3 aromatic rings. The van der Waals surface area contributed by atoms with Crippen molar-refractivity contribution in [1.29, 1.82) is 5.26 Å². The first-order valence-corrected chi connectivity index (χ1v) is 11.1. The van der Waals surface area contributed by atoms with Crippen LogP contribution in [0, 0.1) is 17.2 Å². The molecule has 1 saturated carbocycles. The molecule has 0 spiro atoms. The molecule has 1 fully saturated rings. The summed E-state index contributed by atoms with van der Waals surface area (Å²) >= 11 is 0. The van der Waals surface area contributed by atoms with Gasteiger partial charge in [-0.15, -0.1) is 0 Å². The van der Waals surface area contributed by atoms with Gasteiger partial charge in [0.25, 0.3) is 5.91 Å². The molecule has 0 unspecified atom stereocenters. The number of carbonyl (C=O) groups excluding carboxylic acids is 1. The molecule has 2 N–H and O–H groups in total. The Balaban J connectivity index is 1.50. The van der Waals surface area contributed by atoms with E-state index in [-0.39, 0.29) is 17.2 Å². The fraction of sp³-hybridized carbons (Fsp3) is 0.400. The summed E-state index contributed by atoms with van der Waals surface area (Å²) in [4.78, 5) is 14.7. The number of nitrogens with zero attached hydrogens (tertiary/aromatic N) is 3. The summed E-state index contributed by atoms with van der Waals surface area (Å²) in [7, 11) is 1.68. The quantitative estimate of drug-likeness (QED) is 0.490. The van der Waals surface area contributed by atoms with E-state index in [1.807, 2.05) is 0 Å². The maximum absolute atomic E-state index is 13.2. The average molecular weight is 433 g/mol. The van der Waals surface area contributed by atoms with Crippen LogP contribution in [0.15, 0.2) is 36.4 Å². The Kier molecular flexibility index (Phi) is 6.60. The lowest BCUT2D eigenvalue weighted by molar-refractivity contribution is 0.0990. The molecule has 7 nitrogen and oxygen atoms in total. The van der Waals surface area contributed by atoms with Crippen molar-refractivity contribution in [3.05, 3.63) is 47.7 Å². The standard InChI is InChI=1S/C25H28N4O3/c1-29(18-8-10-19(11-9-18)32-13-5-4-12-26)25(31)21-15-20-22(14-17-6-2-3-7-17)27-28-23(20)16-24(21)30/h8-11,15-17,30H,2-7,13-14H2,1H3,(H,27,28). The highest BCUT2D eigenvalue weighted by atomic mass is 16.5. The molecule has 0 atom stereocenters. The van der Waals surface area contributed by atoms with E-state index in [2.05, 4.69) is 16.3 Å². The third kappa shape index (κ3) is 4.70. The minimum atomic E-state index is -0.292. The second-order valence-corrected chi connectivity index (χ2v) is 8.41. The Morgan fingerprint density at radius 2 is 2.03 bits per heavy atom. The van der Waals surface area contributed by atoms with Gasteiger partial charge in [0, 0.05) is 30.6 Å². The second-order valence-electron chi connectivity index (χ2n) is 8.41. The van der Waals surface area contributed by atoms with E-state index in [1.165, 1.54) is 30.6 Å². The van der Waals surface area contributed by atoms with Crippen molar-refractivity contribution in [3.8, 4) is 17.6 Å². The van der Waals surface area contributed by atoms with Crippen LogP contribution in [0.25, 0.3) is 10.9 Å². The molecule has 32 heavy (non-hydrogen) atoms. The maximum Gasteiger partial charge on any atom is 0.261 e. The van der Waals surface area contributed by atoms with E-state index in [0.29, 0.717) is 36.8 Å². The van der Waals surface area contributed by atoms with E-state index in [0.717, 1.165) is 23.0 Å². The molecular weight excluding hydrogens is 404 g/mol. The van der Waals surface area contributed by atoms with Gasteiger partial charge >= 0.3 is 0 Å². The Bertz CT molecular complexity index is 1120. The van der Waals surface area contributed by atoms with Crippen LogP contribution in [0.2, 0.25) is 0 Å². The fourth-order valence-corrected chi connectivity index (χ4v) is 4.33. The number of anilines is 1. The number of aromatic amines is 1. The summed E-state index contributed by atoms with van der Waals surface area (Å²) in [6.07, 6.45) is 7.01. The normalized spacial score (nSPS) is 13.9. The van der Waals surface area contributed by atoms with Crippen LogP contribution in [0.1, 0.15) is 54.6 Å². The van der Waals surface area contributed by atoms with Gasteiger partial charge in [-0.05, 0) is 49.1 Å². The van der Waals surface area contributed by atoms with Gasteiger partial charge in [-0.1, -0.05) is 25.7 Å². The highest BCUT2D eigenvalue weighted by Crippen LogP contribution is 2.32. The zero-order valence-corrected chi connectivity index (χ0v) is 18.3. The average Bonchev–Trinajstić information content (AvgIpc) is 3.46. The predicted octanol–water partition coefficient (Wildman–Crippen LogP) is 4.96. The number of amides is 1. The molecule has 1 amide bonds. The number of benzene rings is 2. The molecule has 0 saturated heterocycles. The number of carbonyl (C=O) groups is 1. The van der Waals surface area contributed by atoms with Gasteiger partial charge in [0.2, 0.25) is 0 Å².